The third kappa shape index (κ3) is 3.78. The summed E-state index contributed by atoms with van der Waals surface area (Å²) in [6, 6.07) is 8.66. The molecule has 0 radical (unpaired) electrons. The fourth-order valence-corrected chi connectivity index (χ4v) is 1.63. The van der Waals surface area contributed by atoms with Crippen molar-refractivity contribution in [2.45, 2.75) is 39.0 Å². The van der Waals surface area contributed by atoms with Gasteiger partial charge in [-0.1, -0.05) is 63.1 Å². The lowest BCUT2D eigenvalue weighted by molar-refractivity contribution is 0.667. The Morgan fingerprint density at radius 2 is 2.07 bits per heavy atom. The van der Waals surface area contributed by atoms with Crippen molar-refractivity contribution in [2.24, 2.45) is 0 Å². The Balaban J connectivity index is 2.38. The van der Waals surface area contributed by atoms with Crippen LogP contribution in [0.5, 0.6) is 0 Å². The van der Waals surface area contributed by atoms with E-state index in [0.29, 0.717) is 0 Å². The Bertz CT molecular complexity index is 273. The van der Waals surface area contributed by atoms with Crippen molar-refractivity contribution < 1.29 is 0 Å². The standard InChI is InChI=1S/C14H20/c1-3-5-6-7-9-14-11-8-10-13(4-2)12-14/h4,8,10-12H,2-3,5-7,9H2,1H3. The number of aryl methyl sites for hydroxylation is 1. The molecule has 0 fully saturated rings. The van der Waals surface area contributed by atoms with E-state index in [9.17, 15) is 0 Å². The van der Waals surface area contributed by atoms with Gasteiger partial charge < -0.3 is 0 Å². The molecule has 0 aliphatic carbocycles. The van der Waals surface area contributed by atoms with E-state index in [2.05, 4.69) is 37.8 Å². The minimum absolute atomic E-state index is 1.21. The van der Waals surface area contributed by atoms with Crippen molar-refractivity contribution in [3.05, 3.63) is 42.0 Å². The average molecular weight is 188 g/mol. The van der Waals surface area contributed by atoms with Gasteiger partial charge in [-0.15, -0.1) is 0 Å². The minimum Gasteiger partial charge on any atom is -0.0985 e. The fraction of sp³-hybridized carbons (Fsp3) is 0.429. The van der Waals surface area contributed by atoms with Gasteiger partial charge >= 0.3 is 0 Å². The molecule has 0 nitrogen and oxygen atoms in total. The van der Waals surface area contributed by atoms with Crippen LogP contribution in [0.1, 0.15) is 43.7 Å². The molecule has 0 saturated carbocycles. The molecule has 0 aromatic heterocycles. The largest absolute Gasteiger partial charge is 0.0985 e. The predicted molar refractivity (Wildman–Crippen MR) is 64.4 cm³/mol. The van der Waals surface area contributed by atoms with Crippen LogP contribution in [0.4, 0.5) is 0 Å². The summed E-state index contributed by atoms with van der Waals surface area (Å²) in [5, 5.41) is 0. The molecule has 0 N–H and O–H groups in total. The van der Waals surface area contributed by atoms with Gasteiger partial charge in [0.05, 0.1) is 0 Å². The molecule has 1 rings (SSSR count). The van der Waals surface area contributed by atoms with Gasteiger partial charge in [-0.25, -0.2) is 0 Å². The molecule has 76 valence electrons. The van der Waals surface area contributed by atoms with E-state index in [1.54, 1.807) is 0 Å². The molecular formula is C14H20. The van der Waals surface area contributed by atoms with E-state index in [1.807, 2.05) is 6.08 Å². The first-order valence-corrected chi connectivity index (χ1v) is 5.58. The molecule has 0 heteroatoms. The topological polar surface area (TPSA) is 0 Å². The molecular weight excluding hydrogens is 168 g/mol. The van der Waals surface area contributed by atoms with E-state index < -0.39 is 0 Å². The van der Waals surface area contributed by atoms with Gasteiger partial charge in [-0.05, 0) is 24.0 Å². The first-order chi connectivity index (χ1) is 6.86. The zero-order chi connectivity index (χ0) is 10.2. The zero-order valence-corrected chi connectivity index (χ0v) is 9.13. The smallest absolute Gasteiger partial charge is 0.0260 e. The van der Waals surface area contributed by atoms with Gasteiger partial charge in [0.15, 0.2) is 0 Å². The average Bonchev–Trinajstić information content (AvgIpc) is 2.25. The van der Waals surface area contributed by atoms with Crippen LogP contribution in [0.3, 0.4) is 0 Å². The highest BCUT2D eigenvalue weighted by molar-refractivity contribution is 5.47. The summed E-state index contributed by atoms with van der Waals surface area (Å²) in [5.74, 6) is 0. The SMILES string of the molecule is C=Cc1cccc(CCCCCC)c1. The van der Waals surface area contributed by atoms with E-state index in [0.717, 1.165) is 0 Å². The number of unbranched alkanes of at least 4 members (excludes halogenated alkanes) is 3. The first kappa shape index (κ1) is 11.0. The van der Waals surface area contributed by atoms with Crippen molar-refractivity contribution in [2.75, 3.05) is 0 Å². The molecule has 1 aromatic carbocycles. The number of hydrogen-bond acceptors (Lipinski definition) is 0. The molecule has 0 bridgehead atoms. The van der Waals surface area contributed by atoms with Crippen LogP contribution in [0.25, 0.3) is 6.08 Å². The van der Waals surface area contributed by atoms with E-state index in [1.165, 1.54) is 43.2 Å². The van der Waals surface area contributed by atoms with Crippen molar-refractivity contribution in [3.63, 3.8) is 0 Å². The third-order valence-corrected chi connectivity index (χ3v) is 2.51. The van der Waals surface area contributed by atoms with Crippen molar-refractivity contribution >= 4 is 6.08 Å². The Kier molecular flexibility index (Phi) is 5.06. The normalized spacial score (nSPS) is 10.1. The lowest BCUT2D eigenvalue weighted by Crippen LogP contribution is -1.86. The summed E-state index contributed by atoms with van der Waals surface area (Å²) in [5.41, 5.74) is 2.68. The predicted octanol–water partition coefficient (Wildman–Crippen LogP) is 4.45. The monoisotopic (exact) mass is 188 g/mol. The summed E-state index contributed by atoms with van der Waals surface area (Å²) >= 11 is 0. The highest BCUT2D eigenvalue weighted by Crippen LogP contribution is 2.10. The van der Waals surface area contributed by atoms with Crippen molar-refractivity contribution in [1.29, 1.82) is 0 Å². The lowest BCUT2D eigenvalue weighted by Gasteiger charge is -2.02. The second-order valence-corrected chi connectivity index (χ2v) is 3.76. The van der Waals surface area contributed by atoms with E-state index >= 15 is 0 Å². The van der Waals surface area contributed by atoms with Gasteiger partial charge in [0.1, 0.15) is 0 Å². The highest BCUT2D eigenvalue weighted by atomic mass is 14.0. The van der Waals surface area contributed by atoms with Gasteiger partial charge in [-0.2, -0.15) is 0 Å². The fourth-order valence-electron chi connectivity index (χ4n) is 1.63. The first-order valence-electron chi connectivity index (χ1n) is 5.58. The maximum Gasteiger partial charge on any atom is -0.0260 e. The van der Waals surface area contributed by atoms with E-state index in [-0.39, 0.29) is 0 Å². The number of rotatable bonds is 6. The Labute approximate surface area is 87.7 Å². The lowest BCUT2D eigenvalue weighted by atomic mass is 10.0. The van der Waals surface area contributed by atoms with Crippen LogP contribution < -0.4 is 0 Å². The molecule has 0 heterocycles. The maximum atomic E-state index is 3.78. The van der Waals surface area contributed by atoms with Crippen molar-refractivity contribution in [1.82, 2.24) is 0 Å². The van der Waals surface area contributed by atoms with E-state index in [4.69, 9.17) is 0 Å². The highest BCUT2D eigenvalue weighted by Gasteiger charge is 1.93. The molecule has 0 atom stereocenters. The number of benzene rings is 1. The summed E-state index contributed by atoms with van der Waals surface area (Å²) in [6.45, 7) is 6.03. The number of hydrogen-bond donors (Lipinski definition) is 0. The summed E-state index contributed by atoms with van der Waals surface area (Å²) < 4.78 is 0. The second-order valence-electron chi connectivity index (χ2n) is 3.76. The third-order valence-electron chi connectivity index (χ3n) is 2.51. The Morgan fingerprint density at radius 1 is 1.21 bits per heavy atom. The second kappa shape index (κ2) is 6.42. The van der Waals surface area contributed by atoms with Crippen LogP contribution in [-0.4, -0.2) is 0 Å². The maximum absolute atomic E-state index is 3.78. The van der Waals surface area contributed by atoms with Gasteiger partial charge in [0, 0.05) is 0 Å². The molecule has 0 saturated heterocycles. The molecule has 0 amide bonds. The Hall–Kier alpha value is -1.04. The van der Waals surface area contributed by atoms with Gasteiger partial charge in [0.25, 0.3) is 0 Å². The molecule has 1 aromatic rings. The molecule has 0 spiro atoms. The molecule has 14 heavy (non-hydrogen) atoms. The van der Waals surface area contributed by atoms with Crippen LogP contribution in [0.2, 0.25) is 0 Å². The summed E-state index contributed by atoms with van der Waals surface area (Å²) in [4.78, 5) is 0. The molecule has 0 aliphatic heterocycles. The summed E-state index contributed by atoms with van der Waals surface area (Å²) in [7, 11) is 0. The molecule has 0 aliphatic rings. The van der Waals surface area contributed by atoms with Gasteiger partial charge in [0.2, 0.25) is 0 Å². The zero-order valence-electron chi connectivity index (χ0n) is 9.13. The van der Waals surface area contributed by atoms with Crippen LogP contribution in [0.15, 0.2) is 30.8 Å². The molecule has 0 unspecified atom stereocenters. The minimum atomic E-state index is 1.21. The Morgan fingerprint density at radius 3 is 2.79 bits per heavy atom. The van der Waals surface area contributed by atoms with Crippen LogP contribution in [0, 0.1) is 0 Å². The quantitative estimate of drug-likeness (QED) is 0.578. The van der Waals surface area contributed by atoms with Crippen LogP contribution in [-0.2, 0) is 6.42 Å². The summed E-state index contributed by atoms with van der Waals surface area (Å²) in [6.07, 6.45) is 8.47. The van der Waals surface area contributed by atoms with Gasteiger partial charge in [-0.3, -0.25) is 0 Å². The van der Waals surface area contributed by atoms with Crippen LogP contribution >= 0.6 is 0 Å². The van der Waals surface area contributed by atoms with Crippen molar-refractivity contribution in [3.8, 4) is 0 Å².